The molecule has 0 saturated carbocycles. The molecule has 0 unspecified atom stereocenters. The van der Waals surface area contributed by atoms with Gasteiger partial charge in [0.15, 0.2) is 0 Å². The van der Waals surface area contributed by atoms with E-state index in [4.69, 9.17) is 0 Å². The first-order valence-corrected chi connectivity index (χ1v) is 7.94. The summed E-state index contributed by atoms with van der Waals surface area (Å²) < 4.78 is 0. The fraction of sp³-hybridized carbons (Fsp3) is 0.846. The Kier molecular flexibility index (Phi) is 5.99. The summed E-state index contributed by atoms with van der Waals surface area (Å²) in [6.45, 7) is 6.94. The van der Waals surface area contributed by atoms with Crippen LogP contribution in [0, 0.1) is 0 Å². The van der Waals surface area contributed by atoms with Crippen LogP contribution in [0.2, 0.25) is 0 Å². The Morgan fingerprint density at radius 3 is 2.50 bits per heavy atom. The van der Waals surface area contributed by atoms with Crippen LogP contribution in [0.3, 0.4) is 0 Å². The first-order chi connectivity index (χ1) is 8.62. The number of nitrogens with one attached hydrogen (secondary N) is 1. The van der Waals surface area contributed by atoms with E-state index in [0.717, 1.165) is 17.9 Å². The molecular weight excluding hydrogens is 248 g/mol. The number of thioether (sulfide) groups is 1. The van der Waals surface area contributed by atoms with Gasteiger partial charge in [-0.3, -0.25) is 9.59 Å². The largest absolute Gasteiger partial charge is 0.345 e. The fourth-order valence-corrected chi connectivity index (χ4v) is 3.16. The van der Waals surface area contributed by atoms with Crippen molar-refractivity contribution >= 4 is 23.6 Å². The van der Waals surface area contributed by atoms with E-state index in [2.05, 4.69) is 12.2 Å². The van der Waals surface area contributed by atoms with Gasteiger partial charge in [0.05, 0.1) is 6.54 Å². The van der Waals surface area contributed by atoms with Crippen LogP contribution in [0.1, 0.15) is 40.0 Å². The number of carbonyl (C=O) groups is 2. The van der Waals surface area contributed by atoms with Crippen LogP contribution < -0.4 is 5.32 Å². The predicted octanol–water partition coefficient (Wildman–Crippen LogP) is 1.65. The molecule has 2 amide bonds. The number of hydrogen-bond acceptors (Lipinski definition) is 3. The summed E-state index contributed by atoms with van der Waals surface area (Å²) in [5, 5.41) is 2.72. The van der Waals surface area contributed by atoms with Gasteiger partial charge in [-0.25, -0.2) is 0 Å². The highest BCUT2D eigenvalue weighted by Crippen LogP contribution is 2.27. The fourth-order valence-electron chi connectivity index (χ4n) is 2.54. The lowest BCUT2D eigenvalue weighted by atomic mass is 9.87. The van der Waals surface area contributed by atoms with Gasteiger partial charge in [0, 0.05) is 6.54 Å². The molecule has 4 nitrogen and oxygen atoms in total. The lowest BCUT2D eigenvalue weighted by Gasteiger charge is -2.45. The van der Waals surface area contributed by atoms with Crippen LogP contribution in [-0.4, -0.2) is 46.8 Å². The van der Waals surface area contributed by atoms with Gasteiger partial charge < -0.3 is 10.2 Å². The Morgan fingerprint density at radius 1 is 1.28 bits per heavy atom. The molecule has 1 aliphatic heterocycles. The number of amides is 2. The van der Waals surface area contributed by atoms with Crippen LogP contribution in [0.5, 0.6) is 0 Å². The molecule has 0 bridgehead atoms. The molecule has 1 aliphatic rings. The van der Waals surface area contributed by atoms with Gasteiger partial charge in [-0.05, 0) is 30.8 Å². The molecule has 0 aromatic carbocycles. The molecule has 0 aromatic heterocycles. The van der Waals surface area contributed by atoms with Crippen molar-refractivity contribution in [3.05, 3.63) is 0 Å². The van der Waals surface area contributed by atoms with Crippen molar-refractivity contribution in [3.63, 3.8) is 0 Å². The maximum atomic E-state index is 12.1. The topological polar surface area (TPSA) is 49.4 Å². The Hall–Kier alpha value is -0.710. The summed E-state index contributed by atoms with van der Waals surface area (Å²) in [7, 11) is 0. The highest BCUT2D eigenvalue weighted by Gasteiger charge is 2.46. The number of piperazine rings is 1. The van der Waals surface area contributed by atoms with Gasteiger partial charge in [0.25, 0.3) is 0 Å². The minimum absolute atomic E-state index is 0.00949. The quantitative estimate of drug-likeness (QED) is 0.717. The summed E-state index contributed by atoms with van der Waals surface area (Å²) in [5.74, 6) is 2.21. The summed E-state index contributed by atoms with van der Waals surface area (Å²) in [6, 6.07) is 0. The third-order valence-electron chi connectivity index (χ3n) is 3.68. The summed E-state index contributed by atoms with van der Waals surface area (Å²) >= 11 is 1.88. The van der Waals surface area contributed by atoms with E-state index in [-0.39, 0.29) is 18.4 Å². The second kappa shape index (κ2) is 7.02. The molecule has 18 heavy (non-hydrogen) atoms. The van der Waals surface area contributed by atoms with Gasteiger partial charge in [-0.1, -0.05) is 20.8 Å². The van der Waals surface area contributed by atoms with Gasteiger partial charge in [-0.15, -0.1) is 0 Å². The predicted molar refractivity (Wildman–Crippen MR) is 75.7 cm³/mol. The van der Waals surface area contributed by atoms with E-state index in [1.165, 1.54) is 0 Å². The van der Waals surface area contributed by atoms with Gasteiger partial charge >= 0.3 is 0 Å². The summed E-state index contributed by atoms with van der Waals surface area (Å²) in [5.41, 5.74) is -0.619. The van der Waals surface area contributed by atoms with E-state index in [9.17, 15) is 9.59 Å². The third kappa shape index (κ3) is 2.99. The molecule has 1 rings (SSSR count). The maximum Gasteiger partial charge on any atom is 0.246 e. The van der Waals surface area contributed by atoms with Crippen LogP contribution in [0.25, 0.3) is 0 Å². The SMILES string of the molecule is CCSCCCN1C(=O)CNC(=O)C1(CC)CC. The van der Waals surface area contributed by atoms with E-state index in [0.29, 0.717) is 19.4 Å². The van der Waals surface area contributed by atoms with Crippen molar-refractivity contribution in [2.24, 2.45) is 0 Å². The average molecular weight is 272 g/mol. The van der Waals surface area contributed by atoms with E-state index >= 15 is 0 Å². The highest BCUT2D eigenvalue weighted by atomic mass is 32.2. The van der Waals surface area contributed by atoms with Crippen molar-refractivity contribution in [2.45, 2.75) is 45.6 Å². The van der Waals surface area contributed by atoms with E-state index in [1.807, 2.05) is 30.5 Å². The lowest BCUT2D eigenvalue weighted by Crippen LogP contribution is -2.66. The molecular formula is C13H24N2O2S. The number of rotatable bonds is 7. The minimum atomic E-state index is -0.619. The molecule has 0 aliphatic carbocycles. The van der Waals surface area contributed by atoms with Crippen LogP contribution in [-0.2, 0) is 9.59 Å². The zero-order chi connectivity index (χ0) is 13.6. The summed E-state index contributed by atoms with van der Waals surface area (Å²) in [6.07, 6.45) is 2.32. The molecule has 1 N–H and O–H groups in total. The van der Waals surface area contributed by atoms with Crippen LogP contribution >= 0.6 is 11.8 Å². The number of carbonyl (C=O) groups excluding carboxylic acids is 2. The van der Waals surface area contributed by atoms with Crippen LogP contribution in [0.4, 0.5) is 0 Å². The van der Waals surface area contributed by atoms with Gasteiger partial charge in [0.1, 0.15) is 5.54 Å². The lowest BCUT2D eigenvalue weighted by molar-refractivity contribution is -0.154. The molecule has 0 radical (unpaired) electrons. The molecule has 0 atom stereocenters. The van der Waals surface area contributed by atoms with E-state index in [1.54, 1.807) is 0 Å². The Balaban J connectivity index is 2.73. The normalized spacial score (nSPS) is 18.9. The molecule has 0 aromatic rings. The second-order valence-corrected chi connectivity index (χ2v) is 5.91. The Bertz CT molecular complexity index is 303. The molecule has 1 saturated heterocycles. The third-order valence-corrected chi connectivity index (χ3v) is 4.67. The summed E-state index contributed by atoms with van der Waals surface area (Å²) in [4.78, 5) is 26.0. The van der Waals surface area contributed by atoms with E-state index < -0.39 is 5.54 Å². The second-order valence-electron chi connectivity index (χ2n) is 4.52. The smallest absolute Gasteiger partial charge is 0.246 e. The van der Waals surface area contributed by atoms with Gasteiger partial charge in [0.2, 0.25) is 11.8 Å². The molecule has 0 spiro atoms. The van der Waals surface area contributed by atoms with Crippen molar-refractivity contribution in [1.82, 2.24) is 10.2 Å². The van der Waals surface area contributed by atoms with Crippen molar-refractivity contribution in [2.75, 3.05) is 24.6 Å². The standard InChI is InChI=1S/C13H24N2O2S/c1-4-13(5-2)12(17)14-10-11(16)15(13)8-7-9-18-6-3/h4-10H2,1-3H3,(H,14,17). The average Bonchev–Trinajstić information content (AvgIpc) is 2.39. The molecule has 1 fully saturated rings. The van der Waals surface area contributed by atoms with Crippen molar-refractivity contribution < 1.29 is 9.59 Å². The van der Waals surface area contributed by atoms with Gasteiger partial charge in [-0.2, -0.15) is 11.8 Å². The zero-order valence-electron chi connectivity index (χ0n) is 11.6. The number of hydrogen-bond donors (Lipinski definition) is 1. The highest BCUT2D eigenvalue weighted by molar-refractivity contribution is 7.99. The maximum absolute atomic E-state index is 12.1. The molecule has 1 heterocycles. The first-order valence-electron chi connectivity index (χ1n) is 6.78. The Morgan fingerprint density at radius 2 is 1.94 bits per heavy atom. The van der Waals surface area contributed by atoms with Crippen molar-refractivity contribution in [3.8, 4) is 0 Å². The minimum Gasteiger partial charge on any atom is -0.345 e. The monoisotopic (exact) mass is 272 g/mol. The first kappa shape index (κ1) is 15.3. The van der Waals surface area contributed by atoms with Crippen LogP contribution in [0.15, 0.2) is 0 Å². The zero-order valence-corrected chi connectivity index (χ0v) is 12.4. The Labute approximate surface area is 114 Å². The molecule has 5 heteroatoms. The number of nitrogens with zero attached hydrogens (tertiary/aromatic N) is 1. The van der Waals surface area contributed by atoms with Crippen molar-refractivity contribution in [1.29, 1.82) is 0 Å². The molecule has 104 valence electrons.